The number of hydrogen-bond donors (Lipinski definition) is 1. The van der Waals surface area contributed by atoms with Crippen LogP contribution in [0.2, 0.25) is 0 Å². The number of ether oxygens (including phenoxy) is 1. The van der Waals surface area contributed by atoms with Crippen LogP contribution >= 0.6 is 0 Å². The molecule has 3 nitrogen and oxygen atoms in total. The van der Waals surface area contributed by atoms with E-state index in [0.717, 1.165) is 0 Å². The summed E-state index contributed by atoms with van der Waals surface area (Å²) < 4.78 is 18.7. The van der Waals surface area contributed by atoms with E-state index in [1.807, 2.05) is 6.07 Å². The van der Waals surface area contributed by atoms with Gasteiger partial charge in [-0.2, -0.15) is 5.26 Å². The average molecular weight is 192 g/mol. The number of nitriles is 1. The van der Waals surface area contributed by atoms with Crippen molar-refractivity contribution >= 4 is 0 Å². The van der Waals surface area contributed by atoms with Gasteiger partial charge in [0.25, 0.3) is 0 Å². The Bertz CT molecular complexity index is 411. The van der Waals surface area contributed by atoms with E-state index in [2.05, 4.69) is 0 Å². The maximum Gasteiger partial charge on any atom is 0.133 e. The van der Waals surface area contributed by atoms with Crippen LogP contribution in [0.3, 0.4) is 0 Å². The summed E-state index contributed by atoms with van der Waals surface area (Å²) in [6.07, 6.45) is 0.607. The molecule has 14 heavy (non-hydrogen) atoms. The summed E-state index contributed by atoms with van der Waals surface area (Å²) in [4.78, 5) is 0. The lowest BCUT2D eigenvalue weighted by Crippen LogP contribution is -2.22. The van der Waals surface area contributed by atoms with Gasteiger partial charge in [-0.05, 0) is 12.1 Å². The predicted octanol–water partition coefficient (Wildman–Crippen LogP) is 1.48. The maximum atomic E-state index is 13.5. The van der Waals surface area contributed by atoms with Crippen molar-refractivity contribution in [2.45, 2.75) is 12.5 Å². The van der Waals surface area contributed by atoms with Crippen molar-refractivity contribution in [3.8, 4) is 11.8 Å². The lowest BCUT2D eigenvalue weighted by atomic mass is 9.99. The second-order valence-electron chi connectivity index (χ2n) is 3.23. The molecule has 0 aromatic heterocycles. The fourth-order valence-corrected chi connectivity index (χ4v) is 1.58. The van der Waals surface area contributed by atoms with Crippen molar-refractivity contribution in [2.75, 3.05) is 6.61 Å². The molecule has 72 valence electrons. The number of fused-ring (bicyclic) bond motifs is 1. The molecule has 0 bridgehead atoms. The largest absolute Gasteiger partial charge is 0.493 e. The molecule has 0 fully saturated rings. The van der Waals surface area contributed by atoms with Crippen molar-refractivity contribution in [3.63, 3.8) is 0 Å². The first kappa shape index (κ1) is 8.97. The summed E-state index contributed by atoms with van der Waals surface area (Å²) in [5.41, 5.74) is 6.38. The van der Waals surface area contributed by atoms with Crippen LogP contribution < -0.4 is 10.5 Å². The third-order valence-electron chi connectivity index (χ3n) is 2.28. The first-order chi connectivity index (χ1) is 6.72. The Labute approximate surface area is 80.9 Å². The van der Waals surface area contributed by atoms with E-state index in [-0.39, 0.29) is 11.6 Å². The Morgan fingerprint density at radius 3 is 3.07 bits per heavy atom. The van der Waals surface area contributed by atoms with E-state index in [9.17, 15) is 4.39 Å². The Balaban J connectivity index is 2.58. The van der Waals surface area contributed by atoms with Gasteiger partial charge in [0.05, 0.1) is 18.2 Å². The van der Waals surface area contributed by atoms with Crippen LogP contribution in [0.5, 0.6) is 5.75 Å². The van der Waals surface area contributed by atoms with Crippen LogP contribution in [-0.4, -0.2) is 6.61 Å². The summed E-state index contributed by atoms with van der Waals surface area (Å²) in [6, 6.07) is 4.26. The number of halogens is 1. The number of nitrogens with two attached hydrogens (primary N) is 1. The van der Waals surface area contributed by atoms with E-state index < -0.39 is 5.82 Å². The van der Waals surface area contributed by atoms with Gasteiger partial charge in [0.1, 0.15) is 11.6 Å². The van der Waals surface area contributed by atoms with E-state index in [1.165, 1.54) is 12.1 Å². The highest BCUT2D eigenvalue weighted by Gasteiger charge is 2.22. The maximum absolute atomic E-state index is 13.5. The molecule has 1 aliphatic heterocycles. The van der Waals surface area contributed by atoms with E-state index in [0.29, 0.717) is 24.3 Å². The molecule has 1 atom stereocenters. The molecule has 0 amide bonds. The van der Waals surface area contributed by atoms with Crippen molar-refractivity contribution < 1.29 is 9.13 Å². The second kappa shape index (κ2) is 3.28. The predicted molar refractivity (Wildman–Crippen MR) is 48.2 cm³/mol. The molecule has 1 aliphatic rings. The highest BCUT2D eigenvalue weighted by atomic mass is 19.1. The van der Waals surface area contributed by atoms with Crippen molar-refractivity contribution in [1.29, 1.82) is 5.26 Å². The molecule has 0 radical (unpaired) electrons. The minimum atomic E-state index is -0.453. The fourth-order valence-electron chi connectivity index (χ4n) is 1.58. The molecule has 0 spiro atoms. The first-order valence-electron chi connectivity index (χ1n) is 4.34. The van der Waals surface area contributed by atoms with Gasteiger partial charge in [0, 0.05) is 18.0 Å². The van der Waals surface area contributed by atoms with Crippen LogP contribution in [0.25, 0.3) is 0 Å². The number of rotatable bonds is 0. The van der Waals surface area contributed by atoms with Gasteiger partial charge >= 0.3 is 0 Å². The topological polar surface area (TPSA) is 59.0 Å². The third-order valence-corrected chi connectivity index (χ3v) is 2.28. The first-order valence-corrected chi connectivity index (χ1v) is 4.34. The molecular formula is C10H9FN2O. The molecule has 0 saturated heterocycles. The Hall–Kier alpha value is -1.60. The van der Waals surface area contributed by atoms with E-state index >= 15 is 0 Å². The minimum absolute atomic E-state index is 0.260. The van der Waals surface area contributed by atoms with Crippen molar-refractivity contribution in [2.24, 2.45) is 5.73 Å². The zero-order chi connectivity index (χ0) is 10.1. The monoisotopic (exact) mass is 192 g/mol. The number of hydrogen-bond acceptors (Lipinski definition) is 3. The lowest BCUT2D eigenvalue weighted by Gasteiger charge is -2.23. The quantitative estimate of drug-likeness (QED) is 0.677. The molecule has 2 rings (SSSR count). The number of benzene rings is 1. The molecular weight excluding hydrogens is 183 g/mol. The Morgan fingerprint density at radius 1 is 1.57 bits per heavy atom. The van der Waals surface area contributed by atoms with Crippen LogP contribution in [-0.2, 0) is 0 Å². The SMILES string of the molecule is N#Cc1cc(F)c2c(c1)OCC[C@H]2N. The molecule has 4 heteroatoms. The lowest BCUT2D eigenvalue weighted by molar-refractivity contribution is 0.264. The van der Waals surface area contributed by atoms with Crippen LogP contribution in [0.15, 0.2) is 12.1 Å². The van der Waals surface area contributed by atoms with Crippen LogP contribution in [0.1, 0.15) is 23.6 Å². The standard InChI is InChI=1S/C10H9FN2O/c11-7-3-6(5-12)4-9-10(7)8(13)1-2-14-9/h3-4,8H,1-2,13H2/t8-/m1/s1. The third kappa shape index (κ3) is 1.32. The van der Waals surface area contributed by atoms with Gasteiger partial charge in [-0.25, -0.2) is 4.39 Å². The second-order valence-corrected chi connectivity index (χ2v) is 3.23. The molecule has 1 aromatic rings. The van der Waals surface area contributed by atoms with Crippen LogP contribution in [0, 0.1) is 17.1 Å². The van der Waals surface area contributed by atoms with E-state index in [1.54, 1.807) is 0 Å². The molecule has 1 heterocycles. The molecule has 0 aliphatic carbocycles. The van der Waals surface area contributed by atoms with Gasteiger partial charge in [0.15, 0.2) is 0 Å². The van der Waals surface area contributed by atoms with Crippen LogP contribution in [0.4, 0.5) is 4.39 Å². The Kier molecular flexibility index (Phi) is 2.10. The molecule has 0 saturated carbocycles. The molecule has 2 N–H and O–H groups in total. The summed E-state index contributed by atoms with van der Waals surface area (Å²) in [7, 11) is 0. The summed E-state index contributed by atoms with van der Waals surface area (Å²) in [5.74, 6) is -0.0495. The highest BCUT2D eigenvalue weighted by Crippen LogP contribution is 2.33. The summed E-state index contributed by atoms with van der Waals surface area (Å²) in [6.45, 7) is 0.475. The molecule has 1 aromatic carbocycles. The minimum Gasteiger partial charge on any atom is -0.493 e. The average Bonchev–Trinajstić information content (AvgIpc) is 2.17. The highest BCUT2D eigenvalue weighted by molar-refractivity contribution is 5.45. The zero-order valence-corrected chi connectivity index (χ0v) is 7.46. The van der Waals surface area contributed by atoms with Gasteiger partial charge < -0.3 is 10.5 Å². The summed E-state index contributed by atoms with van der Waals surface area (Å²) in [5, 5.41) is 8.63. The zero-order valence-electron chi connectivity index (χ0n) is 7.46. The van der Waals surface area contributed by atoms with Crippen molar-refractivity contribution in [1.82, 2.24) is 0 Å². The van der Waals surface area contributed by atoms with Gasteiger partial charge in [-0.3, -0.25) is 0 Å². The van der Waals surface area contributed by atoms with E-state index in [4.69, 9.17) is 15.7 Å². The van der Waals surface area contributed by atoms with Gasteiger partial charge in [0.2, 0.25) is 0 Å². The van der Waals surface area contributed by atoms with Gasteiger partial charge in [-0.1, -0.05) is 0 Å². The van der Waals surface area contributed by atoms with Gasteiger partial charge in [-0.15, -0.1) is 0 Å². The smallest absolute Gasteiger partial charge is 0.133 e. The molecule has 0 unspecified atom stereocenters. The van der Waals surface area contributed by atoms with Crippen molar-refractivity contribution in [3.05, 3.63) is 29.1 Å². The normalized spacial score (nSPS) is 19.4. The number of nitrogens with zero attached hydrogens (tertiary/aromatic N) is 1. The summed E-state index contributed by atoms with van der Waals surface area (Å²) >= 11 is 0. The fraction of sp³-hybridized carbons (Fsp3) is 0.300. The Morgan fingerprint density at radius 2 is 2.36 bits per heavy atom.